The number of hydrogen-bond acceptors (Lipinski definition) is 6. The van der Waals surface area contributed by atoms with E-state index in [0.717, 1.165) is 49.3 Å². The van der Waals surface area contributed by atoms with E-state index in [2.05, 4.69) is 34.2 Å². The number of amides is 1. The fourth-order valence-corrected chi connectivity index (χ4v) is 3.83. The van der Waals surface area contributed by atoms with E-state index >= 15 is 0 Å². The molecule has 1 amide bonds. The second-order valence-corrected chi connectivity index (χ2v) is 7.63. The summed E-state index contributed by atoms with van der Waals surface area (Å²) in [5, 5.41) is 9.72. The predicted molar refractivity (Wildman–Crippen MR) is 109 cm³/mol. The van der Waals surface area contributed by atoms with Gasteiger partial charge in [0.1, 0.15) is 17.3 Å². The molecule has 0 aromatic rings. The Morgan fingerprint density at radius 2 is 2.07 bits per heavy atom. The number of fused-ring (bicyclic) bond motifs is 1. The highest BCUT2D eigenvalue weighted by Gasteiger charge is 2.32. The van der Waals surface area contributed by atoms with Crippen LogP contribution in [0.15, 0.2) is 58.5 Å². The molecule has 0 aromatic carbocycles. The van der Waals surface area contributed by atoms with Crippen molar-refractivity contribution >= 4 is 5.91 Å². The SMILES string of the molecule is COCCOC1C=CC=C(C2=C3NC=C(NC(=O)C4CC4)NC3=C(OC)CC2)C1. The average Bonchev–Trinajstić information content (AvgIpc) is 3.59. The standard InChI is InChI=1S/C22H29N3O4/c1-27-10-11-29-16-5-3-4-15(12-16)17-8-9-18(28-2)21-20(17)23-13-19(24-21)25-22(26)14-6-7-14/h3-5,13-14,16,23-24H,6-12H2,1-2H3,(H,25,26). The maximum atomic E-state index is 12.1. The van der Waals surface area contributed by atoms with Crippen LogP contribution < -0.4 is 16.0 Å². The van der Waals surface area contributed by atoms with Gasteiger partial charge in [0, 0.05) is 32.1 Å². The summed E-state index contributed by atoms with van der Waals surface area (Å²) in [5.41, 5.74) is 4.41. The summed E-state index contributed by atoms with van der Waals surface area (Å²) < 4.78 is 16.6. The molecule has 0 spiro atoms. The molecule has 1 heterocycles. The molecule has 4 aliphatic rings. The highest BCUT2D eigenvalue weighted by Crippen LogP contribution is 2.37. The van der Waals surface area contributed by atoms with Crippen LogP contribution in [-0.4, -0.2) is 39.4 Å². The van der Waals surface area contributed by atoms with Crippen molar-refractivity contribution in [3.05, 3.63) is 58.5 Å². The van der Waals surface area contributed by atoms with Crippen LogP contribution in [0, 0.1) is 5.92 Å². The maximum absolute atomic E-state index is 12.1. The largest absolute Gasteiger partial charge is 0.499 e. The van der Waals surface area contributed by atoms with Gasteiger partial charge in [-0.1, -0.05) is 18.2 Å². The summed E-state index contributed by atoms with van der Waals surface area (Å²) in [6.07, 6.45) is 12.6. The molecule has 0 bridgehead atoms. The normalized spacial score (nSPS) is 23.6. The van der Waals surface area contributed by atoms with Gasteiger partial charge >= 0.3 is 0 Å². The molecule has 1 saturated carbocycles. The number of carbonyl (C=O) groups is 1. The zero-order valence-electron chi connectivity index (χ0n) is 17.0. The average molecular weight is 399 g/mol. The molecule has 0 aromatic heterocycles. The Kier molecular flexibility index (Phi) is 6.06. The van der Waals surface area contributed by atoms with Crippen molar-refractivity contribution in [2.45, 2.75) is 38.2 Å². The van der Waals surface area contributed by atoms with Crippen LogP contribution in [-0.2, 0) is 19.0 Å². The second-order valence-electron chi connectivity index (χ2n) is 7.63. The van der Waals surface area contributed by atoms with Gasteiger partial charge in [0.2, 0.25) is 5.91 Å². The Bertz CT molecular complexity index is 818. The van der Waals surface area contributed by atoms with Crippen molar-refractivity contribution in [3.8, 4) is 0 Å². The third kappa shape index (κ3) is 4.57. The topological polar surface area (TPSA) is 80.9 Å². The van der Waals surface area contributed by atoms with Gasteiger partial charge < -0.3 is 30.2 Å². The van der Waals surface area contributed by atoms with Gasteiger partial charge in [-0.15, -0.1) is 0 Å². The molecule has 156 valence electrons. The summed E-state index contributed by atoms with van der Waals surface area (Å²) in [7, 11) is 3.37. The third-order valence-corrected chi connectivity index (χ3v) is 5.56. The van der Waals surface area contributed by atoms with Gasteiger partial charge in [0.05, 0.1) is 32.1 Å². The fraction of sp³-hybridized carbons (Fsp3) is 0.500. The van der Waals surface area contributed by atoms with E-state index in [4.69, 9.17) is 14.2 Å². The third-order valence-electron chi connectivity index (χ3n) is 5.56. The van der Waals surface area contributed by atoms with Crippen molar-refractivity contribution < 1.29 is 19.0 Å². The lowest BCUT2D eigenvalue weighted by molar-refractivity contribution is -0.121. The van der Waals surface area contributed by atoms with Crippen molar-refractivity contribution in [3.63, 3.8) is 0 Å². The van der Waals surface area contributed by atoms with Crippen LogP contribution in [0.4, 0.5) is 0 Å². The smallest absolute Gasteiger partial charge is 0.228 e. The lowest BCUT2D eigenvalue weighted by atomic mass is 9.87. The summed E-state index contributed by atoms with van der Waals surface area (Å²) in [5.74, 6) is 1.78. The first-order valence-electron chi connectivity index (χ1n) is 10.2. The van der Waals surface area contributed by atoms with Crippen LogP contribution >= 0.6 is 0 Å². The molecule has 29 heavy (non-hydrogen) atoms. The maximum Gasteiger partial charge on any atom is 0.228 e. The number of nitrogens with one attached hydrogen (secondary N) is 3. The first-order valence-corrected chi connectivity index (χ1v) is 10.2. The summed E-state index contributed by atoms with van der Waals surface area (Å²) in [6.45, 7) is 1.17. The van der Waals surface area contributed by atoms with E-state index < -0.39 is 0 Å². The number of carbonyl (C=O) groups excluding carboxylic acids is 1. The molecule has 1 aliphatic heterocycles. The molecule has 1 fully saturated rings. The summed E-state index contributed by atoms with van der Waals surface area (Å²) in [6, 6.07) is 0. The molecular formula is C22H29N3O4. The van der Waals surface area contributed by atoms with E-state index in [1.807, 2.05) is 6.20 Å². The van der Waals surface area contributed by atoms with Gasteiger partial charge in [-0.2, -0.15) is 0 Å². The zero-order chi connectivity index (χ0) is 20.2. The number of allylic oxidation sites excluding steroid dienone is 4. The Morgan fingerprint density at radius 3 is 2.83 bits per heavy atom. The molecule has 1 atom stereocenters. The van der Waals surface area contributed by atoms with Crippen molar-refractivity contribution in [2.24, 2.45) is 5.92 Å². The van der Waals surface area contributed by atoms with E-state index in [-0.39, 0.29) is 17.9 Å². The van der Waals surface area contributed by atoms with Crippen LogP contribution in [0.2, 0.25) is 0 Å². The number of methoxy groups -OCH3 is 2. The highest BCUT2D eigenvalue weighted by atomic mass is 16.5. The molecule has 3 aliphatic carbocycles. The Hall–Kier alpha value is -2.51. The minimum atomic E-state index is 0.0509. The van der Waals surface area contributed by atoms with E-state index in [1.54, 1.807) is 14.2 Å². The van der Waals surface area contributed by atoms with Crippen LogP contribution in [0.3, 0.4) is 0 Å². The van der Waals surface area contributed by atoms with Crippen LogP contribution in [0.5, 0.6) is 0 Å². The molecule has 7 heteroatoms. The van der Waals surface area contributed by atoms with Gasteiger partial charge in [0.15, 0.2) is 0 Å². The zero-order valence-corrected chi connectivity index (χ0v) is 17.0. The Morgan fingerprint density at radius 1 is 1.21 bits per heavy atom. The molecule has 0 radical (unpaired) electrons. The van der Waals surface area contributed by atoms with Gasteiger partial charge in [-0.3, -0.25) is 4.79 Å². The Balaban J connectivity index is 1.53. The lowest BCUT2D eigenvalue weighted by Crippen LogP contribution is -2.40. The van der Waals surface area contributed by atoms with Crippen LogP contribution in [0.1, 0.15) is 32.1 Å². The van der Waals surface area contributed by atoms with Crippen molar-refractivity contribution in [1.82, 2.24) is 16.0 Å². The Labute approximate surface area is 171 Å². The monoisotopic (exact) mass is 399 g/mol. The molecule has 0 saturated heterocycles. The van der Waals surface area contributed by atoms with Gasteiger partial charge in [-0.25, -0.2) is 0 Å². The predicted octanol–water partition coefficient (Wildman–Crippen LogP) is 2.33. The van der Waals surface area contributed by atoms with E-state index in [1.165, 1.54) is 11.1 Å². The van der Waals surface area contributed by atoms with Gasteiger partial charge in [0.25, 0.3) is 0 Å². The molecular weight excluding hydrogens is 370 g/mol. The minimum Gasteiger partial charge on any atom is -0.499 e. The molecule has 7 nitrogen and oxygen atoms in total. The quantitative estimate of drug-likeness (QED) is 0.544. The van der Waals surface area contributed by atoms with Crippen LogP contribution in [0.25, 0.3) is 0 Å². The molecule has 3 N–H and O–H groups in total. The second kappa shape index (κ2) is 8.88. The van der Waals surface area contributed by atoms with Crippen molar-refractivity contribution in [1.29, 1.82) is 0 Å². The number of hydrogen-bond donors (Lipinski definition) is 3. The number of rotatable bonds is 8. The number of ether oxygens (including phenoxy) is 3. The van der Waals surface area contributed by atoms with Gasteiger partial charge in [-0.05, 0) is 30.4 Å². The first-order chi connectivity index (χ1) is 14.2. The van der Waals surface area contributed by atoms with Crippen molar-refractivity contribution in [2.75, 3.05) is 27.4 Å². The molecule has 1 unspecified atom stereocenters. The fourth-order valence-electron chi connectivity index (χ4n) is 3.83. The summed E-state index contributed by atoms with van der Waals surface area (Å²) in [4.78, 5) is 12.1. The highest BCUT2D eigenvalue weighted by molar-refractivity contribution is 5.82. The minimum absolute atomic E-state index is 0.0509. The summed E-state index contributed by atoms with van der Waals surface area (Å²) >= 11 is 0. The molecule has 4 rings (SSSR count). The lowest BCUT2D eigenvalue weighted by Gasteiger charge is -2.32. The first kappa shape index (κ1) is 19.8. The van der Waals surface area contributed by atoms with E-state index in [0.29, 0.717) is 19.0 Å². The van der Waals surface area contributed by atoms with E-state index in [9.17, 15) is 4.79 Å².